The maximum absolute atomic E-state index is 13.4. The first-order chi connectivity index (χ1) is 16.7. The van der Waals surface area contributed by atoms with Gasteiger partial charge in [-0.15, -0.1) is 0 Å². The molecule has 0 saturated carbocycles. The van der Waals surface area contributed by atoms with E-state index in [9.17, 15) is 13.2 Å². The predicted octanol–water partition coefficient (Wildman–Crippen LogP) is 2.61. The average molecular weight is 509 g/mol. The second-order valence-electron chi connectivity index (χ2n) is 8.91. The van der Waals surface area contributed by atoms with Gasteiger partial charge in [0.05, 0.1) is 44.0 Å². The van der Waals surface area contributed by atoms with Gasteiger partial charge in [0.2, 0.25) is 15.0 Å². The monoisotopic (exact) mass is 508 g/mol. The summed E-state index contributed by atoms with van der Waals surface area (Å²) in [6.07, 6.45) is 3.33. The number of hydrogen-bond donors (Lipinski definition) is 1. The van der Waals surface area contributed by atoms with Crippen molar-refractivity contribution in [3.63, 3.8) is 0 Å². The van der Waals surface area contributed by atoms with Crippen molar-refractivity contribution in [3.05, 3.63) is 41.7 Å². The Morgan fingerprint density at radius 2 is 2.14 bits per heavy atom. The number of urea groups is 1. The topological polar surface area (TPSA) is 112 Å². The zero-order chi connectivity index (χ0) is 25.4. The van der Waals surface area contributed by atoms with Crippen molar-refractivity contribution in [2.75, 3.05) is 34.0 Å². The summed E-state index contributed by atoms with van der Waals surface area (Å²) in [7, 11) is -0.686. The van der Waals surface area contributed by atoms with E-state index in [-0.39, 0.29) is 42.2 Å². The third-order valence-corrected chi connectivity index (χ3v) is 7.29. The summed E-state index contributed by atoms with van der Waals surface area (Å²) in [5.41, 5.74) is 1.21. The molecule has 0 bridgehead atoms. The molecule has 1 fully saturated rings. The van der Waals surface area contributed by atoms with Gasteiger partial charge in [-0.1, -0.05) is 12.1 Å². The van der Waals surface area contributed by atoms with E-state index < -0.39 is 9.84 Å². The van der Waals surface area contributed by atoms with E-state index >= 15 is 0 Å². The summed E-state index contributed by atoms with van der Waals surface area (Å²) in [6, 6.07) is 6.69. The maximum Gasteiger partial charge on any atom is 0.318 e. The van der Waals surface area contributed by atoms with Gasteiger partial charge < -0.3 is 29.0 Å². The SMILES string of the molecule is COCCn1c(CN(CC2CCCO2)C(=O)NC(C)C)cnc1S(=O)(=O)Cc1cccc(OC)c1. The van der Waals surface area contributed by atoms with Crippen molar-refractivity contribution in [3.8, 4) is 5.75 Å². The summed E-state index contributed by atoms with van der Waals surface area (Å²) >= 11 is 0. The van der Waals surface area contributed by atoms with Gasteiger partial charge in [0, 0.05) is 32.8 Å². The summed E-state index contributed by atoms with van der Waals surface area (Å²) in [5, 5.41) is 2.88. The number of aromatic nitrogens is 2. The van der Waals surface area contributed by atoms with Crippen LogP contribution in [-0.2, 0) is 38.2 Å². The quantitative estimate of drug-likeness (QED) is 0.469. The number of nitrogens with one attached hydrogen (secondary N) is 1. The highest BCUT2D eigenvalue weighted by Crippen LogP contribution is 2.22. The minimum Gasteiger partial charge on any atom is -0.497 e. The number of carbonyl (C=O) groups excluding carboxylic acids is 1. The van der Waals surface area contributed by atoms with Crippen LogP contribution < -0.4 is 10.1 Å². The van der Waals surface area contributed by atoms with Gasteiger partial charge in [-0.05, 0) is 44.4 Å². The summed E-state index contributed by atoms with van der Waals surface area (Å²) in [4.78, 5) is 18.9. The molecule has 0 spiro atoms. The molecule has 1 aliphatic rings. The van der Waals surface area contributed by atoms with Crippen molar-refractivity contribution in [2.45, 2.75) is 62.8 Å². The molecule has 10 nitrogen and oxygen atoms in total. The van der Waals surface area contributed by atoms with Gasteiger partial charge in [-0.3, -0.25) is 0 Å². The number of carbonyl (C=O) groups is 1. The fourth-order valence-electron chi connectivity index (χ4n) is 4.02. The zero-order valence-electron chi connectivity index (χ0n) is 20.9. The lowest BCUT2D eigenvalue weighted by atomic mass is 10.2. The highest BCUT2D eigenvalue weighted by atomic mass is 32.2. The van der Waals surface area contributed by atoms with Crippen LogP contribution in [0.4, 0.5) is 4.79 Å². The van der Waals surface area contributed by atoms with Crippen molar-refractivity contribution < 1.29 is 27.4 Å². The van der Waals surface area contributed by atoms with Crippen LogP contribution in [0.3, 0.4) is 0 Å². The molecule has 0 aliphatic carbocycles. The Balaban J connectivity index is 1.89. The number of benzene rings is 1. The molecule has 3 rings (SSSR count). The Labute approximate surface area is 207 Å². The second-order valence-corrected chi connectivity index (χ2v) is 10.8. The molecule has 0 radical (unpaired) electrons. The van der Waals surface area contributed by atoms with Crippen molar-refractivity contribution >= 4 is 15.9 Å². The van der Waals surface area contributed by atoms with Gasteiger partial charge >= 0.3 is 6.03 Å². The third-order valence-electron chi connectivity index (χ3n) is 5.69. The van der Waals surface area contributed by atoms with Crippen LogP contribution in [-0.4, -0.2) is 75.0 Å². The number of imidazole rings is 1. The molecule has 11 heteroatoms. The first-order valence-corrected chi connectivity index (χ1v) is 13.4. The molecule has 194 valence electrons. The van der Waals surface area contributed by atoms with Crippen LogP contribution in [0.5, 0.6) is 5.75 Å². The molecule has 1 N–H and O–H groups in total. The van der Waals surface area contributed by atoms with Gasteiger partial charge in [0.25, 0.3) is 0 Å². The average Bonchev–Trinajstić information content (AvgIpc) is 3.47. The minimum absolute atomic E-state index is 0.0355. The van der Waals surface area contributed by atoms with Crippen molar-refractivity contribution in [1.82, 2.24) is 19.8 Å². The highest BCUT2D eigenvalue weighted by Gasteiger charge is 2.28. The molecule has 1 atom stereocenters. The van der Waals surface area contributed by atoms with E-state index in [1.807, 2.05) is 13.8 Å². The van der Waals surface area contributed by atoms with Crippen molar-refractivity contribution in [1.29, 1.82) is 0 Å². The van der Waals surface area contributed by atoms with Crippen LogP contribution in [0, 0.1) is 0 Å². The fraction of sp³-hybridized carbons (Fsp3) is 0.583. The standard InChI is InChI=1S/C24H36N4O6S/c1-18(2)26-23(29)27(16-22-9-6-11-34-22)15-20-14-25-24(28(20)10-12-32-3)35(30,31)17-19-7-5-8-21(13-19)33-4/h5,7-8,13-14,18,22H,6,9-12,15-17H2,1-4H3,(H,26,29). The highest BCUT2D eigenvalue weighted by molar-refractivity contribution is 7.90. The van der Waals surface area contributed by atoms with Crippen molar-refractivity contribution in [2.24, 2.45) is 0 Å². The van der Waals surface area contributed by atoms with Crippen LogP contribution >= 0.6 is 0 Å². The lowest BCUT2D eigenvalue weighted by molar-refractivity contribution is 0.0782. The lowest BCUT2D eigenvalue weighted by Gasteiger charge is -2.27. The number of ether oxygens (including phenoxy) is 3. The first-order valence-electron chi connectivity index (χ1n) is 11.8. The normalized spacial score (nSPS) is 16.0. The number of methoxy groups -OCH3 is 2. The van der Waals surface area contributed by atoms with Crippen LogP contribution in [0.1, 0.15) is 37.9 Å². The molecule has 1 aromatic heterocycles. The van der Waals surface area contributed by atoms with Crippen LogP contribution in [0.15, 0.2) is 35.6 Å². The van der Waals surface area contributed by atoms with Gasteiger partial charge in [-0.25, -0.2) is 18.2 Å². The second kappa shape index (κ2) is 12.4. The fourth-order valence-corrected chi connectivity index (χ4v) is 5.53. The number of sulfone groups is 1. The van der Waals surface area contributed by atoms with E-state index in [2.05, 4.69) is 10.3 Å². The van der Waals surface area contributed by atoms with Crippen LogP contribution in [0.25, 0.3) is 0 Å². The number of amides is 2. The molecule has 1 aromatic carbocycles. The molecule has 2 aromatic rings. The lowest BCUT2D eigenvalue weighted by Crippen LogP contribution is -2.45. The molecule has 1 unspecified atom stereocenters. The van der Waals surface area contributed by atoms with E-state index in [0.717, 1.165) is 12.8 Å². The smallest absolute Gasteiger partial charge is 0.318 e. The largest absolute Gasteiger partial charge is 0.497 e. The molecule has 1 saturated heterocycles. The summed E-state index contributed by atoms with van der Waals surface area (Å²) < 4.78 is 44.5. The first kappa shape index (κ1) is 27.0. The van der Waals surface area contributed by atoms with E-state index in [0.29, 0.717) is 36.8 Å². The molecule has 2 amide bonds. The Bertz CT molecular complexity index is 1080. The minimum atomic E-state index is -3.78. The molecular formula is C24H36N4O6S. The number of rotatable bonds is 12. The molecule has 1 aliphatic heterocycles. The van der Waals surface area contributed by atoms with Gasteiger partial charge in [-0.2, -0.15) is 0 Å². The molecule has 35 heavy (non-hydrogen) atoms. The Morgan fingerprint density at radius 1 is 1.34 bits per heavy atom. The maximum atomic E-state index is 13.4. The summed E-state index contributed by atoms with van der Waals surface area (Å²) in [6.45, 7) is 5.68. The predicted molar refractivity (Wildman–Crippen MR) is 131 cm³/mol. The third kappa shape index (κ3) is 7.42. The Morgan fingerprint density at radius 3 is 2.80 bits per heavy atom. The number of hydrogen-bond acceptors (Lipinski definition) is 7. The van der Waals surface area contributed by atoms with E-state index in [1.165, 1.54) is 13.3 Å². The van der Waals surface area contributed by atoms with Gasteiger partial charge in [0.1, 0.15) is 5.75 Å². The Kier molecular flexibility index (Phi) is 9.53. The molecule has 2 heterocycles. The summed E-state index contributed by atoms with van der Waals surface area (Å²) in [5.74, 6) is 0.364. The molecular weight excluding hydrogens is 472 g/mol. The van der Waals surface area contributed by atoms with E-state index in [4.69, 9.17) is 14.2 Å². The Hall–Kier alpha value is -2.63. The van der Waals surface area contributed by atoms with Gasteiger partial charge in [0.15, 0.2) is 0 Å². The van der Waals surface area contributed by atoms with Crippen LogP contribution in [0.2, 0.25) is 0 Å². The number of nitrogens with zero attached hydrogens (tertiary/aromatic N) is 3. The van der Waals surface area contributed by atoms with E-state index in [1.54, 1.807) is 40.8 Å². The zero-order valence-corrected chi connectivity index (χ0v) is 21.7.